The van der Waals surface area contributed by atoms with Gasteiger partial charge in [0, 0.05) is 23.3 Å². The predicted octanol–water partition coefficient (Wildman–Crippen LogP) is 9.55. The van der Waals surface area contributed by atoms with E-state index in [1.165, 1.54) is 6.07 Å². The van der Waals surface area contributed by atoms with Gasteiger partial charge in [0.25, 0.3) is 0 Å². The average molecular weight is 477 g/mol. The zero-order valence-electron chi connectivity index (χ0n) is 18.3. The van der Waals surface area contributed by atoms with E-state index in [9.17, 15) is 13.2 Å². The number of benzene rings is 3. The first-order valence-corrected chi connectivity index (χ1v) is 11.3. The number of ether oxygens (including phenoxy) is 1. The number of rotatable bonds is 6. The van der Waals surface area contributed by atoms with E-state index in [1.807, 2.05) is 0 Å². The summed E-state index contributed by atoms with van der Waals surface area (Å²) in [6.07, 6.45) is 5.27. The Morgan fingerprint density at radius 1 is 0.794 bits per heavy atom. The molecular formula is C28H29F5O. The minimum Gasteiger partial charge on any atom is -0.453 e. The van der Waals surface area contributed by atoms with Gasteiger partial charge in [0.15, 0.2) is 29.0 Å². The van der Waals surface area contributed by atoms with E-state index in [4.69, 9.17) is 4.74 Å². The summed E-state index contributed by atoms with van der Waals surface area (Å²) in [5.41, 5.74) is 0.522. The van der Waals surface area contributed by atoms with E-state index in [0.717, 1.165) is 25.7 Å². The summed E-state index contributed by atoms with van der Waals surface area (Å²) in [5, 5.41) is 0. The van der Waals surface area contributed by atoms with E-state index in [1.54, 1.807) is 30.3 Å². The van der Waals surface area contributed by atoms with Crippen LogP contribution >= 0.6 is 0 Å². The van der Waals surface area contributed by atoms with Crippen molar-refractivity contribution < 1.29 is 26.7 Å². The predicted molar refractivity (Wildman–Crippen MR) is 125 cm³/mol. The van der Waals surface area contributed by atoms with Crippen molar-refractivity contribution in [1.82, 2.24) is 0 Å². The Bertz CT molecular complexity index is 1100. The molecule has 1 aliphatic rings. The molecule has 0 heterocycles. The minimum atomic E-state index is -1.64. The molecule has 0 atom stereocenters. The highest BCUT2D eigenvalue weighted by atomic mass is 19.2. The molecule has 0 saturated heterocycles. The first-order chi connectivity index (χ1) is 15.9. The first kappa shape index (κ1) is 25.7. The van der Waals surface area contributed by atoms with Gasteiger partial charge in [0.05, 0.1) is 0 Å². The van der Waals surface area contributed by atoms with E-state index >= 15 is 8.78 Å². The topological polar surface area (TPSA) is 9.23 Å². The lowest BCUT2D eigenvalue weighted by atomic mass is 9.76. The maximum atomic E-state index is 15.8. The zero-order chi connectivity index (χ0) is 23.5. The monoisotopic (exact) mass is 476 g/mol. The summed E-state index contributed by atoms with van der Waals surface area (Å²) in [4.78, 5) is 0. The smallest absolute Gasteiger partial charge is 0.194 e. The van der Waals surface area contributed by atoms with Crippen molar-refractivity contribution in [3.63, 3.8) is 0 Å². The van der Waals surface area contributed by atoms with Crippen LogP contribution in [-0.2, 0) is 0 Å². The fraction of sp³-hybridized carbons (Fsp3) is 0.357. The van der Waals surface area contributed by atoms with Gasteiger partial charge < -0.3 is 4.74 Å². The van der Waals surface area contributed by atoms with E-state index in [-0.39, 0.29) is 30.2 Å². The SMILES string of the molecule is C.CCC[C@H]1CC[C@H](c2c(F)cc(-c3ccccc3)c(Oc3cc(F)c(F)c(F)c3)c2F)CC1. The molecule has 34 heavy (non-hydrogen) atoms. The van der Waals surface area contributed by atoms with E-state index < -0.39 is 34.8 Å². The standard InChI is InChI=1S/C27H25F5O.CH4/c1-2-6-16-9-11-18(12-10-16)24-21(28)15-20(17-7-4-3-5-8-17)27(26(24)32)33-19-13-22(29)25(31)23(30)14-19;/h3-5,7-8,13-16,18H,2,6,9-12H2,1H3;1H4/t16-,18-;. The summed E-state index contributed by atoms with van der Waals surface area (Å²) in [5.74, 6) is -6.62. The lowest BCUT2D eigenvalue weighted by Gasteiger charge is -2.29. The summed E-state index contributed by atoms with van der Waals surface area (Å²) in [7, 11) is 0. The van der Waals surface area contributed by atoms with Crippen molar-refractivity contribution in [2.75, 3.05) is 0 Å². The Labute approximate surface area is 197 Å². The van der Waals surface area contributed by atoms with Crippen LogP contribution < -0.4 is 4.74 Å². The third-order valence-electron chi connectivity index (χ3n) is 6.42. The molecule has 0 aromatic heterocycles. The second-order valence-corrected chi connectivity index (χ2v) is 8.64. The van der Waals surface area contributed by atoms with Crippen LogP contribution in [0.25, 0.3) is 11.1 Å². The Balaban J connectivity index is 0.00000324. The molecule has 1 nitrogen and oxygen atoms in total. The fourth-order valence-electron chi connectivity index (χ4n) is 4.78. The molecule has 182 valence electrons. The van der Waals surface area contributed by atoms with Gasteiger partial charge in [-0.15, -0.1) is 0 Å². The molecule has 0 bridgehead atoms. The molecular weight excluding hydrogens is 447 g/mol. The van der Waals surface area contributed by atoms with Gasteiger partial charge in [-0.2, -0.15) is 0 Å². The van der Waals surface area contributed by atoms with Gasteiger partial charge >= 0.3 is 0 Å². The van der Waals surface area contributed by atoms with Crippen LogP contribution in [0, 0.1) is 35.0 Å². The molecule has 0 unspecified atom stereocenters. The Morgan fingerprint density at radius 3 is 2.00 bits per heavy atom. The number of hydrogen-bond donors (Lipinski definition) is 0. The molecule has 6 heteroatoms. The van der Waals surface area contributed by atoms with Gasteiger partial charge in [-0.1, -0.05) is 57.5 Å². The van der Waals surface area contributed by atoms with Crippen LogP contribution in [-0.4, -0.2) is 0 Å². The quantitative estimate of drug-likeness (QED) is 0.254. The fourth-order valence-corrected chi connectivity index (χ4v) is 4.78. The highest BCUT2D eigenvalue weighted by molar-refractivity contribution is 5.72. The summed E-state index contributed by atoms with van der Waals surface area (Å²) < 4.78 is 77.6. The summed E-state index contributed by atoms with van der Waals surface area (Å²) in [6, 6.07) is 11.0. The first-order valence-electron chi connectivity index (χ1n) is 11.3. The molecule has 0 amide bonds. The van der Waals surface area contributed by atoms with Crippen LogP contribution in [0.4, 0.5) is 22.0 Å². The summed E-state index contributed by atoms with van der Waals surface area (Å²) >= 11 is 0. The molecule has 0 N–H and O–H groups in total. The Kier molecular flexibility index (Phi) is 8.34. The second-order valence-electron chi connectivity index (χ2n) is 8.64. The molecule has 3 aromatic rings. The van der Waals surface area contributed by atoms with Crippen LogP contribution in [0.5, 0.6) is 11.5 Å². The number of hydrogen-bond acceptors (Lipinski definition) is 1. The minimum absolute atomic E-state index is 0. The van der Waals surface area contributed by atoms with E-state index in [0.29, 0.717) is 36.5 Å². The molecule has 1 fully saturated rings. The molecule has 0 spiro atoms. The van der Waals surface area contributed by atoms with Gasteiger partial charge in [0.1, 0.15) is 11.6 Å². The number of halogens is 5. The van der Waals surface area contributed by atoms with Crippen molar-refractivity contribution in [2.45, 2.75) is 58.8 Å². The Morgan fingerprint density at radius 2 is 1.41 bits per heavy atom. The summed E-state index contributed by atoms with van der Waals surface area (Å²) in [6.45, 7) is 2.12. The van der Waals surface area contributed by atoms with Crippen molar-refractivity contribution in [2.24, 2.45) is 5.92 Å². The Hall–Kier alpha value is -2.89. The highest BCUT2D eigenvalue weighted by Gasteiger charge is 2.30. The molecule has 0 aliphatic heterocycles. The normalized spacial score (nSPS) is 17.8. The van der Waals surface area contributed by atoms with Gasteiger partial charge in [-0.3, -0.25) is 0 Å². The van der Waals surface area contributed by atoms with E-state index in [2.05, 4.69) is 6.92 Å². The second kappa shape index (κ2) is 11.0. The maximum Gasteiger partial charge on any atom is 0.194 e. The van der Waals surface area contributed by atoms with Crippen LogP contribution in [0.3, 0.4) is 0 Å². The van der Waals surface area contributed by atoms with Gasteiger partial charge in [-0.25, -0.2) is 22.0 Å². The highest BCUT2D eigenvalue weighted by Crippen LogP contribution is 2.45. The van der Waals surface area contributed by atoms with Crippen molar-refractivity contribution in [3.05, 3.63) is 83.2 Å². The van der Waals surface area contributed by atoms with Crippen LogP contribution in [0.1, 0.15) is 64.4 Å². The molecule has 4 rings (SSSR count). The van der Waals surface area contributed by atoms with Gasteiger partial charge in [0.2, 0.25) is 0 Å². The largest absolute Gasteiger partial charge is 0.453 e. The van der Waals surface area contributed by atoms with Crippen molar-refractivity contribution in [1.29, 1.82) is 0 Å². The van der Waals surface area contributed by atoms with Gasteiger partial charge in [-0.05, 0) is 49.1 Å². The molecule has 0 radical (unpaired) electrons. The zero-order valence-corrected chi connectivity index (χ0v) is 18.3. The van der Waals surface area contributed by atoms with Crippen molar-refractivity contribution in [3.8, 4) is 22.6 Å². The molecule has 3 aromatic carbocycles. The van der Waals surface area contributed by atoms with Crippen LogP contribution in [0.15, 0.2) is 48.5 Å². The molecule has 1 saturated carbocycles. The molecule has 1 aliphatic carbocycles. The third kappa shape index (κ3) is 5.26. The average Bonchev–Trinajstić information content (AvgIpc) is 2.81. The van der Waals surface area contributed by atoms with Crippen LogP contribution in [0.2, 0.25) is 0 Å². The lowest BCUT2D eigenvalue weighted by molar-refractivity contribution is 0.298. The third-order valence-corrected chi connectivity index (χ3v) is 6.42. The van der Waals surface area contributed by atoms with Crippen molar-refractivity contribution >= 4 is 0 Å². The lowest BCUT2D eigenvalue weighted by Crippen LogP contribution is -2.16. The maximum absolute atomic E-state index is 15.8.